The fourth-order valence-corrected chi connectivity index (χ4v) is 3.07. The van der Waals surface area contributed by atoms with Crippen molar-refractivity contribution in [1.29, 1.82) is 0 Å². The fourth-order valence-electron chi connectivity index (χ4n) is 3.07. The second kappa shape index (κ2) is 7.87. The topological polar surface area (TPSA) is 105 Å². The quantitative estimate of drug-likeness (QED) is 0.816. The summed E-state index contributed by atoms with van der Waals surface area (Å²) in [6.07, 6.45) is 3.87. The molecule has 1 N–H and O–H groups in total. The van der Waals surface area contributed by atoms with Gasteiger partial charge in [0.1, 0.15) is 0 Å². The molecule has 29 heavy (non-hydrogen) atoms. The van der Waals surface area contributed by atoms with Crippen LogP contribution >= 0.6 is 0 Å². The van der Waals surface area contributed by atoms with Gasteiger partial charge in [-0.1, -0.05) is 11.2 Å². The Bertz CT molecular complexity index is 975. The van der Waals surface area contributed by atoms with E-state index in [0.717, 1.165) is 10.7 Å². The van der Waals surface area contributed by atoms with Gasteiger partial charge in [-0.15, -0.1) is 5.12 Å². The van der Waals surface area contributed by atoms with Crippen LogP contribution in [0.3, 0.4) is 0 Å². The minimum atomic E-state index is -0.528. The van der Waals surface area contributed by atoms with Crippen LogP contribution in [-0.4, -0.2) is 59.8 Å². The number of amides is 2. The van der Waals surface area contributed by atoms with Gasteiger partial charge in [-0.05, 0) is 18.6 Å². The van der Waals surface area contributed by atoms with Crippen LogP contribution in [0.1, 0.15) is 18.3 Å². The zero-order chi connectivity index (χ0) is 20.4. The lowest BCUT2D eigenvalue weighted by Crippen LogP contribution is -2.53. The third kappa shape index (κ3) is 3.51. The molecule has 1 atom stereocenters. The molecule has 2 aromatic rings. The van der Waals surface area contributed by atoms with Crippen molar-refractivity contribution in [2.45, 2.75) is 12.5 Å². The van der Waals surface area contributed by atoms with E-state index >= 15 is 0 Å². The molecule has 11 heteroatoms. The van der Waals surface area contributed by atoms with Crippen molar-refractivity contribution in [3.8, 4) is 17.2 Å². The predicted molar refractivity (Wildman–Crippen MR) is 99.1 cm³/mol. The monoisotopic (exact) mass is 402 g/mol. The summed E-state index contributed by atoms with van der Waals surface area (Å²) in [5.74, 6) is -0.0469. The number of hydrogen-bond acceptors (Lipinski definition) is 8. The van der Waals surface area contributed by atoms with E-state index < -0.39 is 5.82 Å². The first kappa shape index (κ1) is 18.9. The third-order valence-corrected chi connectivity index (χ3v) is 4.61. The Hall–Kier alpha value is -3.47. The van der Waals surface area contributed by atoms with Crippen LogP contribution in [-0.2, 0) is 4.74 Å². The molecule has 0 radical (unpaired) electrons. The predicted octanol–water partition coefficient (Wildman–Crippen LogP) is 2.09. The van der Waals surface area contributed by atoms with E-state index in [0.29, 0.717) is 31.0 Å². The Morgan fingerprint density at radius 3 is 2.93 bits per heavy atom. The van der Waals surface area contributed by atoms with Crippen molar-refractivity contribution >= 4 is 12.2 Å². The van der Waals surface area contributed by atoms with Gasteiger partial charge >= 0.3 is 6.03 Å². The highest BCUT2D eigenvalue weighted by atomic mass is 19.1. The number of likely N-dealkylation sites (tertiary alicyclic amines) is 1. The fraction of sp³-hybridized carbons (Fsp3) is 0.333. The molecule has 2 aliphatic rings. The van der Waals surface area contributed by atoms with Gasteiger partial charge in [0, 0.05) is 25.4 Å². The maximum absolute atomic E-state index is 13.9. The van der Waals surface area contributed by atoms with E-state index in [1.54, 1.807) is 30.5 Å². The summed E-state index contributed by atoms with van der Waals surface area (Å²) < 4.78 is 29.3. The van der Waals surface area contributed by atoms with Gasteiger partial charge in [-0.25, -0.2) is 9.18 Å². The number of methoxy groups -OCH3 is 2. The number of para-hydroxylation sites is 1. The Labute approximate surface area is 165 Å². The normalized spacial score (nSPS) is 18.2. The van der Waals surface area contributed by atoms with Crippen LogP contribution < -0.4 is 10.2 Å². The molecular weight excluding hydrogens is 383 g/mol. The summed E-state index contributed by atoms with van der Waals surface area (Å²) in [4.78, 5) is 18.6. The minimum absolute atomic E-state index is 0.0229. The van der Waals surface area contributed by atoms with E-state index in [1.165, 1.54) is 19.2 Å². The minimum Gasteiger partial charge on any atom is -0.493 e. The highest BCUT2D eigenvalue weighted by Gasteiger charge is 2.39. The number of halogens is 1. The average Bonchev–Trinajstić information content (AvgIpc) is 3.17. The molecule has 0 spiro atoms. The molecule has 1 fully saturated rings. The number of nitrogens with zero attached hydrogens (tertiary/aromatic N) is 5. The van der Waals surface area contributed by atoms with Crippen molar-refractivity contribution in [3.63, 3.8) is 0 Å². The molecule has 3 heterocycles. The SMILES string of the molecule is COCC1=CNN(C(=O)N2CC[C@H]2c2noc(-c3cccc(F)c3OC)n2)N=C1. The Morgan fingerprint density at radius 2 is 2.28 bits per heavy atom. The van der Waals surface area contributed by atoms with Crippen LogP contribution in [0.4, 0.5) is 9.18 Å². The van der Waals surface area contributed by atoms with Crippen molar-refractivity contribution < 1.29 is 23.2 Å². The molecule has 10 nitrogen and oxygen atoms in total. The zero-order valence-corrected chi connectivity index (χ0v) is 15.8. The van der Waals surface area contributed by atoms with Gasteiger partial charge in [0.05, 0.1) is 31.5 Å². The van der Waals surface area contributed by atoms with E-state index in [-0.39, 0.29) is 23.7 Å². The van der Waals surface area contributed by atoms with Crippen LogP contribution in [0, 0.1) is 5.82 Å². The van der Waals surface area contributed by atoms with Crippen LogP contribution in [0.5, 0.6) is 5.75 Å². The zero-order valence-electron chi connectivity index (χ0n) is 15.8. The maximum atomic E-state index is 13.9. The summed E-state index contributed by atoms with van der Waals surface area (Å²) >= 11 is 0. The van der Waals surface area contributed by atoms with E-state index in [9.17, 15) is 9.18 Å². The Balaban J connectivity index is 1.48. The second-order valence-corrected chi connectivity index (χ2v) is 6.40. The summed E-state index contributed by atoms with van der Waals surface area (Å²) in [6, 6.07) is 3.73. The number of hydrogen-bond donors (Lipinski definition) is 1. The van der Waals surface area contributed by atoms with Gasteiger partial charge in [0.2, 0.25) is 0 Å². The van der Waals surface area contributed by atoms with E-state index in [4.69, 9.17) is 14.0 Å². The molecule has 4 rings (SSSR count). The molecule has 152 valence electrons. The first-order valence-corrected chi connectivity index (χ1v) is 8.87. The lowest BCUT2D eigenvalue weighted by Gasteiger charge is -2.40. The van der Waals surface area contributed by atoms with Crippen molar-refractivity contribution in [2.24, 2.45) is 5.10 Å². The molecule has 1 aromatic carbocycles. The molecule has 2 amide bonds. The summed E-state index contributed by atoms with van der Waals surface area (Å²) in [7, 11) is 2.94. The summed E-state index contributed by atoms with van der Waals surface area (Å²) in [5, 5.41) is 9.18. The van der Waals surface area contributed by atoms with Crippen LogP contribution in [0.2, 0.25) is 0 Å². The number of hydrazine groups is 1. The van der Waals surface area contributed by atoms with Crippen LogP contribution in [0.25, 0.3) is 11.5 Å². The molecule has 2 aliphatic heterocycles. The molecule has 0 saturated carbocycles. The summed E-state index contributed by atoms with van der Waals surface area (Å²) in [5.41, 5.74) is 3.96. The van der Waals surface area contributed by atoms with Gasteiger partial charge in [-0.3, -0.25) is 5.43 Å². The molecule has 1 aromatic heterocycles. The standard InChI is InChI=1S/C18H19FN6O4/c1-27-10-11-8-20-25(21-9-11)18(26)24-7-6-14(24)16-22-17(29-23-16)12-4-3-5-13(19)15(12)28-2/h3-5,8-9,14,20H,6-7,10H2,1-2H3/t14-/m0/s1. The maximum Gasteiger partial charge on any atom is 0.360 e. The van der Waals surface area contributed by atoms with E-state index in [1.807, 2.05) is 0 Å². The number of rotatable bonds is 5. The number of benzene rings is 1. The van der Waals surface area contributed by atoms with Gasteiger partial charge in [0.25, 0.3) is 5.89 Å². The molecule has 0 bridgehead atoms. The smallest absolute Gasteiger partial charge is 0.360 e. The summed E-state index contributed by atoms with van der Waals surface area (Å²) in [6.45, 7) is 0.916. The van der Waals surface area contributed by atoms with Gasteiger partial charge < -0.3 is 18.9 Å². The number of hydrazone groups is 1. The number of nitrogens with one attached hydrogen (secondary N) is 1. The largest absolute Gasteiger partial charge is 0.493 e. The number of carbonyl (C=O) groups is 1. The number of carbonyl (C=O) groups excluding carboxylic acids is 1. The molecule has 0 unspecified atom stereocenters. The van der Waals surface area contributed by atoms with E-state index in [2.05, 4.69) is 20.7 Å². The molecule has 0 aliphatic carbocycles. The highest BCUT2D eigenvalue weighted by molar-refractivity contribution is 5.83. The lowest BCUT2D eigenvalue weighted by atomic mass is 10.0. The van der Waals surface area contributed by atoms with Crippen molar-refractivity contribution in [2.75, 3.05) is 27.4 Å². The third-order valence-electron chi connectivity index (χ3n) is 4.61. The van der Waals surface area contributed by atoms with Gasteiger partial charge in [-0.2, -0.15) is 10.1 Å². The number of ether oxygens (including phenoxy) is 2. The first-order valence-electron chi connectivity index (χ1n) is 8.87. The number of urea groups is 1. The van der Waals surface area contributed by atoms with Crippen LogP contribution in [0.15, 0.2) is 39.6 Å². The molecular formula is C18H19FN6O4. The average molecular weight is 402 g/mol. The number of aromatic nitrogens is 2. The van der Waals surface area contributed by atoms with Crippen molar-refractivity contribution in [1.82, 2.24) is 25.6 Å². The van der Waals surface area contributed by atoms with Gasteiger partial charge in [0.15, 0.2) is 17.4 Å². The first-order chi connectivity index (χ1) is 14.1. The lowest BCUT2D eigenvalue weighted by molar-refractivity contribution is 0.0707. The Kier molecular flexibility index (Phi) is 5.12. The van der Waals surface area contributed by atoms with Crippen molar-refractivity contribution in [3.05, 3.63) is 41.6 Å². The Morgan fingerprint density at radius 1 is 1.41 bits per heavy atom. The molecule has 1 saturated heterocycles. The highest BCUT2D eigenvalue weighted by Crippen LogP contribution is 2.36. The second-order valence-electron chi connectivity index (χ2n) is 6.40.